The van der Waals surface area contributed by atoms with Crippen LogP contribution in [0.15, 0.2) is 18.7 Å². The Labute approximate surface area is 211 Å². The van der Waals surface area contributed by atoms with E-state index in [0.717, 1.165) is 42.7 Å². The number of piperazine rings is 1. The van der Waals surface area contributed by atoms with Gasteiger partial charge in [0, 0.05) is 63.1 Å². The first-order valence-electron chi connectivity index (χ1n) is 12.5. The first-order chi connectivity index (χ1) is 17.6. The summed E-state index contributed by atoms with van der Waals surface area (Å²) in [5.41, 5.74) is 4.49. The van der Waals surface area contributed by atoms with Gasteiger partial charge in [-0.2, -0.15) is 5.26 Å². The van der Waals surface area contributed by atoms with Crippen molar-refractivity contribution in [2.75, 3.05) is 50.1 Å². The largest absolute Gasteiger partial charge is 0.377 e. The second-order valence-electron chi connectivity index (χ2n) is 9.49. The Morgan fingerprint density at radius 1 is 1.25 bits per heavy atom. The fourth-order valence-corrected chi connectivity index (χ4v) is 4.90. The number of rotatable bonds is 8. The van der Waals surface area contributed by atoms with E-state index in [9.17, 15) is 10.1 Å². The van der Waals surface area contributed by atoms with Crippen molar-refractivity contribution in [1.29, 1.82) is 10.7 Å². The van der Waals surface area contributed by atoms with E-state index in [4.69, 9.17) is 15.1 Å². The van der Waals surface area contributed by atoms with Gasteiger partial charge in [0.1, 0.15) is 17.7 Å². The topological polar surface area (TPSA) is 118 Å². The van der Waals surface area contributed by atoms with Crippen molar-refractivity contribution in [3.63, 3.8) is 0 Å². The van der Waals surface area contributed by atoms with Gasteiger partial charge in [-0.15, -0.1) is 0 Å². The molecule has 0 bridgehead atoms. The summed E-state index contributed by atoms with van der Waals surface area (Å²) < 4.78 is 5.42. The molecule has 3 aliphatic rings. The second-order valence-corrected chi connectivity index (χ2v) is 9.49. The fourth-order valence-electron chi connectivity index (χ4n) is 4.90. The van der Waals surface area contributed by atoms with Gasteiger partial charge in [-0.25, -0.2) is 9.97 Å². The normalized spacial score (nSPS) is 19.3. The number of carbonyl (C=O) groups is 1. The van der Waals surface area contributed by atoms with Crippen LogP contribution in [-0.4, -0.2) is 72.9 Å². The van der Waals surface area contributed by atoms with E-state index >= 15 is 0 Å². The molecule has 2 aromatic rings. The number of nitriles is 1. The summed E-state index contributed by atoms with van der Waals surface area (Å²) in [5.74, 6) is 1.74. The number of hydrogen-bond acceptors (Lipinski definition) is 8. The van der Waals surface area contributed by atoms with E-state index in [2.05, 4.69) is 27.8 Å². The minimum absolute atomic E-state index is 0.0695. The highest BCUT2D eigenvalue weighted by atomic mass is 16.5. The van der Waals surface area contributed by atoms with Crippen molar-refractivity contribution in [1.82, 2.24) is 14.9 Å². The Hall–Kier alpha value is -3.77. The summed E-state index contributed by atoms with van der Waals surface area (Å²) in [6, 6.07) is 6.17. The number of nitrogens with zero attached hydrogens (tertiary/aromatic N) is 5. The van der Waals surface area contributed by atoms with E-state index < -0.39 is 0 Å². The van der Waals surface area contributed by atoms with Crippen LogP contribution in [-0.2, 0) is 9.53 Å². The van der Waals surface area contributed by atoms with E-state index in [1.165, 1.54) is 6.21 Å². The molecule has 2 saturated heterocycles. The van der Waals surface area contributed by atoms with Gasteiger partial charge in [-0.05, 0) is 43.0 Å². The molecular formula is C27H31N7O2. The summed E-state index contributed by atoms with van der Waals surface area (Å²) in [4.78, 5) is 26.2. The van der Waals surface area contributed by atoms with E-state index in [-0.39, 0.29) is 12.0 Å². The molecule has 1 aliphatic carbocycles. The molecule has 0 spiro atoms. The first-order valence-corrected chi connectivity index (χ1v) is 12.5. The Morgan fingerprint density at radius 2 is 2.00 bits per heavy atom. The van der Waals surface area contributed by atoms with Gasteiger partial charge >= 0.3 is 0 Å². The molecule has 0 aromatic carbocycles. The molecule has 2 N–H and O–H groups in total. The highest BCUT2D eigenvalue weighted by molar-refractivity contribution is 5.96. The number of anilines is 2. The van der Waals surface area contributed by atoms with Crippen molar-refractivity contribution < 1.29 is 9.53 Å². The van der Waals surface area contributed by atoms with Crippen LogP contribution < -0.4 is 10.2 Å². The molecule has 1 amide bonds. The Kier molecular flexibility index (Phi) is 6.70. The molecule has 4 heterocycles. The maximum absolute atomic E-state index is 12.6. The van der Waals surface area contributed by atoms with Gasteiger partial charge < -0.3 is 25.3 Å². The minimum Gasteiger partial charge on any atom is -0.377 e. The maximum atomic E-state index is 12.6. The third-order valence-corrected chi connectivity index (χ3v) is 7.20. The van der Waals surface area contributed by atoms with Gasteiger partial charge in [-0.1, -0.05) is 6.58 Å². The fraction of sp³-hybridized carbons (Fsp3) is 0.444. The van der Waals surface area contributed by atoms with Crippen LogP contribution in [0.2, 0.25) is 0 Å². The number of nitrogens with one attached hydrogen (secondary N) is 2. The lowest BCUT2D eigenvalue weighted by Gasteiger charge is -2.37. The lowest BCUT2D eigenvalue weighted by Crippen LogP contribution is -2.50. The quantitative estimate of drug-likeness (QED) is 0.550. The molecule has 5 rings (SSSR count). The molecule has 0 radical (unpaired) electrons. The predicted octanol–water partition coefficient (Wildman–Crippen LogP) is 3.40. The zero-order chi connectivity index (χ0) is 25.2. The molecule has 1 atom stereocenters. The van der Waals surface area contributed by atoms with E-state index in [0.29, 0.717) is 67.0 Å². The average Bonchev–Trinajstić information content (AvgIpc) is 3.74. The molecule has 9 heteroatoms. The SMILES string of the molecule is C=Cc1cc(-c2cc(C#N)c(N3CCN(C(=O)CC4CCO4)CC3)nc2C2CC2)c(C=N)c(NC)n1. The number of ether oxygens (including phenoxy) is 1. The molecule has 1 saturated carbocycles. The molecule has 3 fully saturated rings. The van der Waals surface area contributed by atoms with Gasteiger partial charge in [0.05, 0.1) is 29.5 Å². The molecule has 186 valence electrons. The van der Waals surface area contributed by atoms with Crippen molar-refractivity contribution in [2.45, 2.75) is 37.7 Å². The highest BCUT2D eigenvalue weighted by Crippen LogP contribution is 2.46. The average molecular weight is 486 g/mol. The van der Waals surface area contributed by atoms with Crippen LogP contribution in [0.4, 0.5) is 11.6 Å². The monoisotopic (exact) mass is 485 g/mol. The molecule has 36 heavy (non-hydrogen) atoms. The smallest absolute Gasteiger partial charge is 0.225 e. The van der Waals surface area contributed by atoms with Gasteiger partial charge in [-0.3, -0.25) is 4.79 Å². The van der Waals surface area contributed by atoms with Gasteiger partial charge in [0.25, 0.3) is 0 Å². The van der Waals surface area contributed by atoms with Crippen molar-refractivity contribution in [2.24, 2.45) is 0 Å². The summed E-state index contributed by atoms with van der Waals surface area (Å²) in [6.07, 6.45) is 6.55. The molecule has 2 aromatic heterocycles. The van der Waals surface area contributed by atoms with E-state index in [1.54, 1.807) is 13.1 Å². The second kappa shape index (κ2) is 10.1. The Bertz CT molecular complexity index is 1240. The Morgan fingerprint density at radius 3 is 2.56 bits per heavy atom. The predicted molar refractivity (Wildman–Crippen MR) is 139 cm³/mol. The third kappa shape index (κ3) is 4.56. The summed E-state index contributed by atoms with van der Waals surface area (Å²) in [5, 5.41) is 21.2. The molecule has 2 aliphatic heterocycles. The number of hydrogen-bond donors (Lipinski definition) is 2. The number of pyridine rings is 2. The van der Waals surface area contributed by atoms with Gasteiger partial charge in [0.15, 0.2) is 0 Å². The van der Waals surface area contributed by atoms with Crippen LogP contribution >= 0.6 is 0 Å². The Balaban J connectivity index is 1.47. The summed E-state index contributed by atoms with van der Waals surface area (Å²) in [7, 11) is 1.78. The van der Waals surface area contributed by atoms with Crippen molar-refractivity contribution in [3.8, 4) is 17.2 Å². The lowest BCUT2D eigenvalue weighted by molar-refractivity contribution is -0.139. The van der Waals surface area contributed by atoms with Crippen molar-refractivity contribution >= 4 is 29.8 Å². The lowest BCUT2D eigenvalue weighted by atomic mass is 9.95. The standard InChI is InChI=1S/C27H31N7O2/c1-3-19-13-21(23(16-29)26(30-2)31-19)22-12-18(15-28)27(32-25(22)17-4-5-17)34-9-7-33(8-10-34)24(35)14-20-6-11-36-20/h3,12-13,16-17,20,29H,1,4-11,14H2,2H3,(H,30,31). The summed E-state index contributed by atoms with van der Waals surface area (Å²) in [6.45, 7) is 7.09. The molecule has 1 unspecified atom stereocenters. The van der Waals surface area contributed by atoms with Crippen LogP contribution in [0.3, 0.4) is 0 Å². The van der Waals surface area contributed by atoms with Crippen LogP contribution in [0.1, 0.15) is 54.1 Å². The number of amides is 1. The van der Waals surface area contributed by atoms with Gasteiger partial charge in [0.2, 0.25) is 5.91 Å². The van der Waals surface area contributed by atoms with Crippen LogP contribution in [0.25, 0.3) is 17.2 Å². The maximum Gasteiger partial charge on any atom is 0.225 e. The zero-order valence-corrected chi connectivity index (χ0v) is 20.6. The van der Waals surface area contributed by atoms with Crippen LogP contribution in [0.5, 0.6) is 0 Å². The number of aromatic nitrogens is 2. The summed E-state index contributed by atoms with van der Waals surface area (Å²) >= 11 is 0. The molecular weight excluding hydrogens is 454 g/mol. The zero-order valence-electron chi connectivity index (χ0n) is 20.6. The molecule has 9 nitrogen and oxygen atoms in total. The van der Waals surface area contributed by atoms with E-state index in [1.807, 2.05) is 17.0 Å². The highest BCUT2D eigenvalue weighted by Gasteiger charge is 2.33. The minimum atomic E-state index is 0.0695. The number of carbonyl (C=O) groups excluding carboxylic acids is 1. The van der Waals surface area contributed by atoms with Crippen LogP contribution in [0, 0.1) is 16.7 Å². The third-order valence-electron chi connectivity index (χ3n) is 7.20. The van der Waals surface area contributed by atoms with Crippen molar-refractivity contribution in [3.05, 3.63) is 41.2 Å². The first kappa shape index (κ1) is 23.9.